The predicted molar refractivity (Wildman–Crippen MR) is 94.9 cm³/mol. The Labute approximate surface area is 149 Å². The van der Waals surface area contributed by atoms with Crippen molar-refractivity contribution in [3.05, 3.63) is 72.6 Å². The molecule has 1 unspecified atom stereocenters. The lowest BCUT2D eigenvalue weighted by molar-refractivity contribution is 0.208. The number of nitrogens with one attached hydrogen (secondary N) is 1. The topological polar surface area (TPSA) is 97.5 Å². The molecule has 0 bridgehead atoms. The summed E-state index contributed by atoms with van der Waals surface area (Å²) >= 11 is 0. The summed E-state index contributed by atoms with van der Waals surface area (Å²) in [5.74, 6) is 1.64. The van der Waals surface area contributed by atoms with E-state index in [4.69, 9.17) is 4.74 Å². The van der Waals surface area contributed by atoms with Crippen LogP contribution in [-0.2, 0) is 0 Å². The lowest BCUT2D eigenvalue weighted by atomic mass is 10.2. The number of anilines is 1. The smallest absolute Gasteiger partial charge is 0.163 e. The Bertz CT molecular complexity index is 1020. The minimum Gasteiger partial charge on any atom is -0.454 e. The zero-order valence-electron chi connectivity index (χ0n) is 13.9. The Balaban J connectivity index is 1.66. The van der Waals surface area contributed by atoms with E-state index in [1.165, 1.54) is 6.33 Å². The molecule has 0 aromatic carbocycles. The molecular formula is C18H16N6O2. The van der Waals surface area contributed by atoms with Crippen LogP contribution in [0.1, 0.15) is 17.4 Å². The fourth-order valence-electron chi connectivity index (χ4n) is 2.50. The lowest BCUT2D eigenvalue weighted by Gasteiger charge is -2.16. The van der Waals surface area contributed by atoms with Gasteiger partial charge in [0.1, 0.15) is 23.6 Å². The molecule has 0 saturated heterocycles. The van der Waals surface area contributed by atoms with Crippen molar-refractivity contribution in [1.29, 1.82) is 0 Å². The van der Waals surface area contributed by atoms with Gasteiger partial charge in [-0.05, 0) is 36.8 Å². The molecule has 0 spiro atoms. The number of hydrogen-bond donors (Lipinski definition) is 2. The van der Waals surface area contributed by atoms with Gasteiger partial charge in [0.05, 0.1) is 12.4 Å². The first kappa shape index (κ1) is 16.0. The van der Waals surface area contributed by atoms with Crippen LogP contribution in [0.15, 0.2) is 61.4 Å². The molecule has 0 fully saturated rings. The van der Waals surface area contributed by atoms with Crippen molar-refractivity contribution in [2.75, 3.05) is 5.32 Å². The minimum atomic E-state index is -1.03. The van der Waals surface area contributed by atoms with Gasteiger partial charge in [-0.1, -0.05) is 6.07 Å². The summed E-state index contributed by atoms with van der Waals surface area (Å²) < 4.78 is 7.36. The van der Waals surface area contributed by atoms with Crippen molar-refractivity contribution >= 4 is 11.5 Å². The van der Waals surface area contributed by atoms with Gasteiger partial charge in [0.15, 0.2) is 11.9 Å². The molecule has 26 heavy (non-hydrogen) atoms. The number of rotatable bonds is 5. The van der Waals surface area contributed by atoms with E-state index in [0.717, 1.165) is 5.56 Å². The predicted octanol–water partition coefficient (Wildman–Crippen LogP) is 2.72. The van der Waals surface area contributed by atoms with Gasteiger partial charge >= 0.3 is 0 Å². The molecule has 4 aromatic heterocycles. The summed E-state index contributed by atoms with van der Waals surface area (Å²) in [5.41, 5.74) is 2.08. The maximum atomic E-state index is 10.7. The average molecular weight is 348 g/mol. The number of aliphatic hydroxyl groups excluding tert-OH is 1. The normalized spacial score (nSPS) is 12.1. The van der Waals surface area contributed by atoms with Crippen LogP contribution in [0, 0.1) is 6.92 Å². The maximum Gasteiger partial charge on any atom is 0.163 e. The summed E-state index contributed by atoms with van der Waals surface area (Å²) in [6.45, 7) is 1.95. The van der Waals surface area contributed by atoms with Crippen LogP contribution < -0.4 is 10.1 Å². The number of aryl methyl sites for hydroxylation is 1. The van der Waals surface area contributed by atoms with Crippen LogP contribution in [0.5, 0.6) is 11.5 Å². The van der Waals surface area contributed by atoms with Gasteiger partial charge in [-0.3, -0.25) is 4.98 Å². The van der Waals surface area contributed by atoms with Crippen molar-refractivity contribution in [2.45, 2.75) is 13.2 Å². The van der Waals surface area contributed by atoms with Gasteiger partial charge in [0, 0.05) is 18.0 Å². The molecule has 0 radical (unpaired) electrons. The molecule has 130 valence electrons. The quantitative estimate of drug-likeness (QED) is 0.535. The van der Waals surface area contributed by atoms with Gasteiger partial charge in [0.25, 0.3) is 0 Å². The van der Waals surface area contributed by atoms with Crippen LogP contribution >= 0.6 is 0 Å². The van der Waals surface area contributed by atoms with Crippen LogP contribution in [0.2, 0.25) is 0 Å². The maximum absolute atomic E-state index is 10.7. The first-order chi connectivity index (χ1) is 12.7. The standard InChI is InChI=1S/C18H16N6O2/c1-12-4-5-16(20-8-12)23-18(25)15-7-14(10-24-17(15)21-11-22-24)26-13-3-2-6-19-9-13/h2-11,18,25H,1H3,(H,20,23). The molecule has 8 heteroatoms. The first-order valence-corrected chi connectivity index (χ1v) is 7.97. The number of fused-ring (bicyclic) bond motifs is 1. The SMILES string of the molecule is Cc1ccc(NC(O)c2cc(Oc3cccnc3)cn3ncnc23)nc1. The molecule has 0 aliphatic rings. The summed E-state index contributed by atoms with van der Waals surface area (Å²) in [6, 6.07) is 9.00. The third kappa shape index (κ3) is 3.31. The second kappa shape index (κ2) is 6.77. The Morgan fingerprint density at radius 2 is 2.08 bits per heavy atom. The number of hydrogen-bond acceptors (Lipinski definition) is 7. The molecule has 1 atom stereocenters. The molecule has 8 nitrogen and oxygen atoms in total. The van der Waals surface area contributed by atoms with Crippen molar-refractivity contribution < 1.29 is 9.84 Å². The third-order valence-electron chi connectivity index (χ3n) is 3.74. The summed E-state index contributed by atoms with van der Waals surface area (Å²) in [4.78, 5) is 12.5. The Kier molecular flexibility index (Phi) is 4.16. The molecule has 2 N–H and O–H groups in total. The second-order valence-electron chi connectivity index (χ2n) is 5.72. The third-order valence-corrected chi connectivity index (χ3v) is 3.74. The Morgan fingerprint density at radius 3 is 2.85 bits per heavy atom. The van der Waals surface area contributed by atoms with E-state index in [-0.39, 0.29) is 0 Å². The highest BCUT2D eigenvalue weighted by atomic mass is 16.5. The summed E-state index contributed by atoms with van der Waals surface area (Å²) in [7, 11) is 0. The van der Waals surface area contributed by atoms with E-state index in [9.17, 15) is 5.11 Å². The van der Waals surface area contributed by atoms with Gasteiger partial charge in [-0.15, -0.1) is 0 Å². The summed E-state index contributed by atoms with van der Waals surface area (Å²) in [5, 5.41) is 17.7. The molecule has 0 aliphatic heterocycles. The zero-order valence-corrected chi connectivity index (χ0v) is 13.9. The van der Waals surface area contributed by atoms with Crippen LogP contribution in [0.25, 0.3) is 5.65 Å². The van der Waals surface area contributed by atoms with E-state index in [0.29, 0.717) is 28.5 Å². The largest absolute Gasteiger partial charge is 0.454 e. The first-order valence-electron chi connectivity index (χ1n) is 7.97. The molecule has 0 aliphatic carbocycles. The monoisotopic (exact) mass is 348 g/mol. The molecule has 4 heterocycles. The number of pyridine rings is 3. The van der Waals surface area contributed by atoms with E-state index in [2.05, 4.69) is 25.4 Å². The van der Waals surface area contributed by atoms with Crippen molar-refractivity contribution in [3.8, 4) is 11.5 Å². The summed E-state index contributed by atoms with van der Waals surface area (Å²) in [6.07, 6.45) is 7.08. The molecule has 0 saturated carbocycles. The fraction of sp³-hybridized carbons (Fsp3) is 0.111. The average Bonchev–Trinajstić information content (AvgIpc) is 3.12. The molecule has 4 rings (SSSR count). The minimum absolute atomic E-state index is 0.503. The zero-order chi connectivity index (χ0) is 17.9. The van der Waals surface area contributed by atoms with Gasteiger partial charge in [-0.25, -0.2) is 14.5 Å². The van der Waals surface area contributed by atoms with Crippen LogP contribution in [0.3, 0.4) is 0 Å². The number of aromatic nitrogens is 5. The van der Waals surface area contributed by atoms with E-state index in [1.54, 1.807) is 53.6 Å². The highest BCUT2D eigenvalue weighted by Crippen LogP contribution is 2.27. The van der Waals surface area contributed by atoms with Crippen molar-refractivity contribution in [1.82, 2.24) is 24.6 Å². The molecular weight excluding hydrogens is 332 g/mol. The Morgan fingerprint density at radius 1 is 1.15 bits per heavy atom. The second-order valence-corrected chi connectivity index (χ2v) is 5.72. The van der Waals surface area contributed by atoms with Crippen molar-refractivity contribution in [2.24, 2.45) is 0 Å². The lowest BCUT2D eigenvalue weighted by Crippen LogP contribution is -2.12. The molecule has 4 aromatic rings. The van der Waals surface area contributed by atoms with E-state index < -0.39 is 6.23 Å². The number of aliphatic hydroxyl groups is 1. The van der Waals surface area contributed by atoms with Gasteiger partial charge in [-0.2, -0.15) is 5.10 Å². The fourth-order valence-corrected chi connectivity index (χ4v) is 2.50. The van der Waals surface area contributed by atoms with Crippen molar-refractivity contribution in [3.63, 3.8) is 0 Å². The highest BCUT2D eigenvalue weighted by molar-refractivity contribution is 5.53. The van der Waals surface area contributed by atoms with Crippen LogP contribution in [-0.4, -0.2) is 29.7 Å². The highest BCUT2D eigenvalue weighted by Gasteiger charge is 2.16. The van der Waals surface area contributed by atoms with Gasteiger partial charge < -0.3 is 15.2 Å². The van der Waals surface area contributed by atoms with E-state index >= 15 is 0 Å². The Hall–Kier alpha value is -3.52. The molecule has 0 amide bonds. The van der Waals surface area contributed by atoms with Crippen LogP contribution in [0.4, 0.5) is 5.82 Å². The number of nitrogens with zero attached hydrogens (tertiary/aromatic N) is 5. The van der Waals surface area contributed by atoms with Gasteiger partial charge in [0.2, 0.25) is 0 Å². The van der Waals surface area contributed by atoms with E-state index in [1.807, 2.05) is 13.0 Å². The number of ether oxygens (including phenoxy) is 1.